The number of carbonyl (C=O) groups excluding carboxylic acids is 1. The second-order valence-electron chi connectivity index (χ2n) is 7.84. The highest BCUT2D eigenvalue weighted by Crippen LogP contribution is 2.31. The maximum Gasteiger partial charge on any atom is 0.449 e. The standard InChI is InChI=1S/C23H25F3N4O2/c1-32-17-10-8-16(9-11-17)20(29-12-4-5-13-29)14-27-21(31)15-30-19-7-3-2-6-18(19)28-22(30)23(24,25)26/h2-3,6-11,20H,4-5,12-15H2,1H3,(H,27,31)/t20-/m1/s1. The van der Waals surface area contributed by atoms with Crippen molar-refractivity contribution in [2.45, 2.75) is 31.6 Å². The number of hydrogen-bond acceptors (Lipinski definition) is 4. The van der Waals surface area contributed by atoms with Crippen LogP contribution in [-0.2, 0) is 17.5 Å². The molecule has 0 radical (unpaired) electrons. The number of fused-ring (bicyclic) bond motifs is 1. The van der Waals surface area contributed by atoms with Crippen LogP contribution in [0.1, 0.15) is 30.3 Å². The maximum atomic E-state index is 13.5. The highest BCUT2D eigenvalue weighted by atomic mass is 19.4. The summed E-state index contributed by atoms with van der Waals surface area (Å²) in [6, 6.07) is 13.9. The largest absolute Gasteiger partial charge is 0.497 e. The molecule has 1 aliphatic heterocycles. The van der Waals surface area contributed by atoms with Crippen LogP contribution in [0, 0.1) is 0 Å². The highest BCUT2D eigenvalue weighted by Gasteiger charge is 2.38. The number of hydrogen-bond donors (Lipinski definition) is 1. The molecule has 1 amide bonds. The van der Waals surface area contributed by atoms with Crippen molar-refractivity contribution in [3.63, 3.8) is 0 Å². The lowest BCUT2D eigenvalue weighted by Gasteiger charge is -2.28. The van der Waals surface area contributed by atoms with Gasteiger partial charge in [-0.2, -0.15) is 13.2 Å². The van der Waals surface area contributed by atoms with Gasteiger partial charge in [0.1, 0.15) is 12.3 Å². The number of alkyl halides is 3. The molecule has 1 fully saturated rings. The summed E-state index contributed by atoms with van der Waals surface area (Å²) in [6.45, 7) is 1.68. The number of likely N-dealkylation sites (tertiary alicyclic amines) is 1. The molecule has 3 aromatic rings. The van der Waals surface area contributed by atoms with Gasteiger partial charge in [-0.05, 0) is 55.8 Å². The van der Waals surface area contributed by atoms with Crippen molar-refractivity contribution >= 4 is 16.9 Å². The summed E-state index contributed by atoms with van der Waals surface area (Å²) in [5.74, 6) is -0.818. The summed E-state index contributed by atoms with van der Waals surface area (Å²) in [5, 5.41) is 2.84. The first kappa shape index (κ1) is 22.1. The van der Waals surface area contributed by atoms with Crippen molar-refractivity contribution in [1.29, 1.82) is 0 Å². The molecule has 0 bridgehead atoms. The molecule has 0 aliphatic carbocycles. The Hall–Kier alpha value is -3.07. The van der Waals surface area contributed by atoms with Crippen LogP contribution in [0.25, 0.3) is 11.0 Å². The van der Waals surface area contributed by atoms with Crippen molar-refractivity contribution in [2.75, 3.05) is 26.7 Å². The molecule has 1 atom stereocenters. The Morgan fingerprint density at radius 1 is 1.12 bits per heavy atom. The van der Waals surface area contributed by atoms with Crippen LogP contribution in [0.4, 0.5) is 13.2 Å². The molecule has 0 saturated carbocycles. The number of nitrogens with zero attached hydrogens (tertiary/aromatic N) is 3. The van der Waals surface area contributed by atoms with Gasteiger partial charge in [0.05, 0.1) is 24.2 Å². The first-order valence-corrected chi connectivity index (χ1v) is 10.5. The Bertz CT molecular complexity index is 1070. The molecule has 0 spiro atoms. The van der Waals surface area contributed by atoms with Gasteiger partial charge in [0.2, 0.25) is 11.7 Å². The van der Waals surface area contributed by atoms with E-state index in [1.54, 1.807) is 19.2 Å². The highest BCUT2D eigenvalue weighted by molar-refractivity contribution is 5.81. The summed E-state index contributed by atoms with van der Waals surface area (Å²) >= 11 is 0. The minimum atomic E-state index is -4.65. The topological polar surface area (TPSA) is 59.4 Å². The van der Waals surface area contributed by atoms with Crippen LogP contribution in [0.15, 0.2) is 48.5 Å². The smallest absolute Gasteiger partial charge is 0.449 e. The van der Waals surface area contributed by atoms with Gasteiger partial charge in [-0.15, -0.1) is 0 Å². The molecule has 1 saturated heterocycles. The van der Waals surface area contributed by atoms with Crippen LogP contribution in [-0.4, -0.2) is 47.1 Å². The fourth-order valence-electron chi connectivity index (χ4n) is 4.20. The van der Waals surface area contributed by atoms with E-state index in [2.05, 4.69) is 15.2 Å². The summed E-state index contributed by atoms with van der Waals surface area (Å²) in [4.78, 5) is 18.7. The first-order chi connectivity index (χ1) is 15.4. The van der Waals surface area contributed by atoms with Gasteiger partial charge in [0.15, 0.2) is 0 Å². The van der Waals surface area contributed by atoms with Crippen LogP contribution in [0.3, 0.4) is 0 Å². The van der Waals surface area contributed by atoms with Crippen molar-refractivity contribution in [3.8, 4) is 5.75 Å². The molecule has 2 heterocycles. The summed E-state index contributed by atoms with van der Waals surface area (Å²) in [6.07, 6.45) is -2.49. The molecule has 4 rings (SSSR count). The van der Waals surface area contributed by atoms with Gasteiger partial charge in [-0.3, -0.25) is 9.69 Å². The zero-order valence-electron chi connectivity index (χ0n) is 17.7. The Morgan fingerprint density at radius 3 is 2.47 bits per heavy atom. The number of halogens is 3. The van der Waals surface area contributed by atoms with Gasteiger partial charge in [-0.25, -0.2) is 4.98 Å². The number of benzene rings is 2. The molecule has 1 aromatic heterocycles. The Kier molecular flexibility index (Phi) is 6.36. The van der Waals surface area contributed by atoms with Gasteiger partial charge in [0, 0.05) is 6.54 Å². The van der Waals surface area contributed by atoms with E-state index in [0.29, 0.717) is 6.54 Å². The Morgan fingerprint density at radius 2 is 1.81 bits per heavy atom. The van der Waals surface area contributed by atoms with Gasteiger partial charge in [-0.1, -0.05) is 24.3 Å². The monoisotopic (exact) mass is 446 g/mol. The van der Waals surface area contributed by atoms with E-state index in [4.69, 9.17) is 4.74 Å². The minimum absolute atomic E-state index is 0.0611. The third-order valence-electron chi connectivity index (χ3n) is 5.78. The molecule has 9 heteroatoms. The quantitative estimate of drug-likeness (QED) is 0.596. The number of imidazole rings is 1. The van der Waals surface area contributed by atoms with Crippen molar-refractivity contribution < 1.29 is 22.7 Å². The van der Waals surface area contributed by atoms with Gasteiger partial charge < -0.3 is 14.6 Å². The van der Waals surface area contributed by atoms with E-state index < -0.39 is 24.5 Å². The number of ether oxygens (including phenoxy) is 1. The van der Waals surface area contributed by atoms with Crippen LogP contribution in [0.5, 0.6) is 5.75 Å². The number of aromatic nitrogens is 2. The average Bonchev–Trinajstić information content (AvgIpc) is 3.43. The summed E-state index contributed by atoms with van der Waals surface area (Å²) in [5.41, 5.74) is 1.51. The Balaban J connectivity index is 1.51. The molecule has 2 aromatic carbocycles. The maximum absolute atomic E-state index is 13.5. The lowest BCUT2D eigenvalue weighted by Crippen LogP contribution is -2.38. The number of carbonyl (C=O) groups is 1. The third kappa shape index (κ3) is 4.72. The van der Waals surface area contributed by atoms with Crippen LogP contribution in [0.2, 0.25) is 0 Å². The average molecular weight is 446 g/mol. The molecule has 1 N–H and O–H groups in total. The lowest BCUT2D eigenvalue weighted by atomic mass is 10.1. The zero-order valence-corrected chi connectivity index (χ0v) is 17.7. The van der Waals surface area contributed by atoms with Crippen molar-refractivity contribution in [3.05, 3.63) is 59.9 Å². The fraction of sp³-hybridized carbons (Fsp3) is 0.391. The fourth-order valence-corrected chi connectivity index (χ4v) is 4.20. The van der Waals surface area contributed by atoms with Crippen molar-refractivity contribution in [2.24, 2.45) is 0 Å². The SMILES string of the molecule is COc1ccc([C@@H](CNC(=O)Cn2c(C(F)(F)F)nc3ccccc32)N2CCCC2)cc1. The molecule has 170 valence electrons. The first-order valence-electron chi connectivity index (χ1n) is 10.5. The van der Waals surface area contributed by atoms with E-state index >= 15 is 0 Å². The predicted octanol–water partition coefficient (Wildman–Crippen LogP) is 4.02. The minimum Gasteiger partial charge on any atom is -0.497 e. The van der Waals surface area contributed by atoms with Gasteiger partial charge in [0.25, 0.3) is 0 Å². The molecule has 32 heavy (non-hydrogen) atoms. The third-order valence-corrected chi connectivity index (χ3v) is 5.78. The Labute approximate surface area is 184 Å². The molecular weight excluding hydrogens is 421 g/mol. The number of nitrogens with one attached hydrogen (secondary N) is 1. The number of amides is 1. The normalized spacial score (nSPS) is 15.8. The number of methoxy groups -OCH3 is 1. The molecule has 6 nitrogen and oxygen atoms in total. The molecule has 1 aliphatic rings. The number of para-hydroxylation sites is 2. The predicted molar refractivity (Wildman–Crippen MR) is 114 cm³/mol. The number of rotatable bonds is 7. The van der Waals surface area contributed by atoms with E-state index in [1.807, 2.05) is 24.3 Å². The van der Waals surface area contributed by atoms with E-state index in [1.165, 1.54) is 12.1 Å². The zero-order chi connectivity index (χ0) is 22.7. The van der Waals surface area contributed by atoms with Gasteiger partial charge >= 0.3 is 6.18 Å². The van der Waals surface area contributed by atoms with Crippen molar-refractivity contribution in [1.82, 2.24) is 19.8 Å². The summed E-state index contributed by atoms with van der Waals surface area (Å²) in [7, 11) is 1.60. The van der Waals surface area contributed by atoms with E-state index in [-0.39, 0.29) is 17.1 Å². The lowest BCUT2D eigenvalue weighted by molar-refractivity contribution is -0.147. The second-order valence-corrected chi connectivity index (χ2v) is 7.84. The van der Waals surface area contributed by atoms with Crippen LogP contribution < -0.4 is 10.1 Å². The van der Waals surface area contributed by atoms with E-state index in [0.717, 1.165) is 41.8 Å². The van der Waals surface area contributed by atoms with Crippen LogP contribution >= 0.6 is 0 Å². The molecule has 0 unspecified atom stereocenters. The molecular formula is C23H25F3N4O2. The second kappa shape index (κ2) is 9.20. The summed E-state index contributed by atoms with van der Waals surface area (Å²) < 4.78 is 46.7. The van der Waals surface area contributed by atoms with E-state index in [9.17, 15) is 18.0 Å².